The van der Waals surface area contributed by atoms with Gasteiger partial charge in [0.25, 0.3) is 0 Å². The first kappa shape index (κ1) is 34.3. The van der Waals surface area contributed by atoms with Crippen LogP contribution in [0.1, 0.15) is 58.6 Å². The molecule has 14 heteroatoms. The van der Waals surface area contributed by atoms with Crippen molar-refractivity contribution in [1.29, 1.82) is 0 Å². The maximum atomic E-state index is 13.3. The lowest BCUT2D eigenvalue weighted by Gasteiger charge is -2.27. The number of carbonyl (C=O) groups excluding carboxylic acids is 5. The van der Waals surface area contributed by atoms with Crippen LogP contribution in [0.25, 0.3) is 0 Å². The number of ether oxygens (including phenoxy) is 2. The Balaban J connectivity index is 3.09. The number of alkyl carbamates (subject to hydrolysis) is 2. The Morgan fingerprint density at radius 2 is 1.68 bits per heavy atom. The lowest BCUT2D eigenvalue weighted by atomic mass is 10.0. The first-order valence-corrected chi connectivity index (χ1v) is 13.4. The summed E-state index contributed by atoms with van der Waals surface area (Å²) in [5.41, 5.74) is 6.03. The van der Waals surface area contributed by atoms with Gasteiger partial charge in [0.2, 0.25) is 11.8 Å². The highest BCUT2D eigenvalue weighted by molar-refractivity contribution is 6.17. The zero-order valence-corrected chi connectivity index (χ0v) is 24.6. The van der Waals surface area contributed by atoms with E-state index in [1.54, 1.807) is 52.8 Å². The van der Waals surface area contributed by atoms with Gasteiger partial charge < -0.3 is 41.8 Å². The Bertz CT molecular complexity index is 1040. The zero-order valence-electron chi connectivity index (χ0n) is 23.8. The zero-order chi connectivity index (χ0) is 30.5. The summed E-state index contributed by atoms with van der Waals surface area (Å²) in [5, 5.41) is 12.8. The summed E-state index contributed by atoms with van der Waals surface area (Å²) >= 11 is 6.00. The highest BCUT2D eigenvalue weighted by Gasteiger charge is 2.30. The predicted octanol–water partition coefficient (Wildman–Crippen LogP) is 2.70. The summed E-state index contributed by atoms with van der Waals surface area (Å²) in [6.07, 6.45) is -0.911. The molecule has 6 amide bonds. The molecule has 0 aliphatic rings. The average Bonchev–Trinajstić information content (AvgIpc) is 2.86. The van der Waals surface area contributed by atoms with Gasteiger partial charge in [-0.3, -0.25) is 9.59 Å². The van der Waals surface area contributed by atoms with Gasteiger partial charge in [-0.2, -0.15) is 0 Å². The lowest BCUT2D eigenvalue weighted by Crippen LogP contribution is -2.55. The van der Waals surface area contributed by atoms with Crippen molar-refractivity contribution in [1.82, 2.24) is 21.3 Å². The van der Waals surface area contributed by atoms with Crippen molar-refractivity contribution in [2.75, 3.05) is 18.9 Å². The van der Waals surface area contributed by atoms with Crippen molar-refractivity contribution in [3.05, 3.63) is 29.3 Å². The molecular weight excluding hydrogens is 544 g/mol. The van der Waals surface area contributed by atoms with Gasteiger partial charge in [-0.05, 0) is 62.8 Å². The lowest BCUT2D eigenvalue weighted by molar-refractivity contribution is -0.128. The maximum absolute atomic E-state index is 13.3. The Morgan fingerprint density at radius 3 is 2.23 bits per heavy atom. The summed E-state index contributed by atoms with van der Waals surface area (Å²) in [6, 6.07) is 2.22. The number of hydrogen-bond acceptors (Lipinski definition) is 7. The molecule has 0 radical (unpaired) electrons. The SMILES string of the molecule is CNC(=O)OCc1cc(NC(=O)C(CCCNC(N)=O)NC(=O)C(NC(=O)OC(C)(C)C)C(C)C)ccc1CCl. The topological polar surface area (TPSA) is 190 Å². The van der Waals surface area contributed by atoms with Gasteiger partial charge in [0.05, 0.1) is 0 Å². The monoisotopic (exact) mass is 584 g/mol. The van der Waals surface area contributed by atoms with E-state index >= 15 is 0 Å². The number of halogens is 1. The molecule has 40 heavy (non-hydrogen) atoms. The van der Waals surface area contributed by atoms with Crippen molar-refractivity contribution < 1.29 is 33.4 Å². The summed E-state index contributed by atoms with van der Waals surface area (Å²) in [7, 11) is 1.43. The molecule has 7 N–H and O–H groups in total. The summed E-state index contributed by atoms with van der Waals surface area (Å²) in [5.74, 6) is -1.28. The Labute approximate surface area is 239 Å². The van der Waals surface area contributed by atoms with E-state index in [0.717, 1.165) is 0 Å². The van der Waals surface area contributed by atoms with Crippen molar-refractivity contribution in [3.63, 3.8) is 0 Å². The third kappa shape index (κ3) is 12.9. The van der Waals surface area contributed by atoms with Crippen LogP contribution in [0.15, 0.2) is 18.2 Å². The van der Waals surface area contributed by atoms with Crippen molar-refractivity contribution in [3.8, 4) is 0 Å². The number of nitrogens with one attached hydrogen (secondary N) is 5. The fraction of sp³-hybridized carbons (Fsp3) is 0.577. The smallest absolute Gasteiger partial charge is 0.408 e. The van der Waals surface area contributed by atoms with E-state index in [9.17, 15) is 24.0 Å². The Hall–Kier alpha value is -3.74. The largest absolute Gasteiger partial charge is 0.445 e. The second-order valence-corrected chi connectivity index (χ2v) is 10.6. The number of alkyl halides is 1. The van der Waals surface area contributed by atoms with E-state index in [1.165, 1.54) is 7.05 Å². The van der Waals surface area contributed by atoms with E-state index in [0.29, 0.717) is 23.2 Å². The van der Waals surface area contributed by atoms with Crippen LogP contribution < -0.4 is 32.3 Å². The normalized spacial score (nSPS) is 12.5. The number of hydrogen-bond donors (Lipinski definition) is 6. The van der Waals surface area contributed by atoms with Crippen LogP contribution in [0.5, 0.6) is 0 Å². The molecule has 0 aromatic heterocycles. The molecule has 1 rings (SSSR count). The van der Waals surface area contributed by atoms with Crippen molar-refractivity contribution in [2.24, 2.45) is 11.7 Å². The number of anilines is 1. The third-order valence-electron chi connectivity index (χ3n) is 5.40. The fourth-order valence-electron chi connectivity index (χ4n) is 3.43. The van der Waals surface area contributed by atoms with E-state index in [-0.39, 0.29) is 31.4 Å². The fourth-order valence-corrected chi connectivity index (χ4v) is 3.69. The number of rotatable bonds is 13. The van der Waals surface area contributed by atoms with E-state index < -0.39 is 47.7 Å². The average molecular weight is 585 g/mol. The summed E-state index contributed by atoms with van der Waals surface area (Å²) < 4.78 is 10.4. The minimum Gasteiger partial charge on any atom is -0.445 e. The van der Waals surface area contributed by atoms with Crippen LogP contribution in [-0.2, 0) is 31.5 Å². The molecule has 13 nitrogen and oxygen atoms in total. The summed E-state index contributed by atoms with van der Waals surface area (Å²) in [4.78, 5) is 61.3. The standard InChI is InChI=1S/C26H41ClN6O7/c1-15(2)20(33-25(38)40-26(3,4)5)22(35)32-19(8-7-11-30-23(28)36)21(34)31-18-10-9-16(13-27)17(12-18)14-39-24(37)29-6/h9-10,12,15,19-20H,7-8,11,13-14H2,1-6H3,(H,29,37)(H,31,34)(H,32,35)(H,33,38)(H3,28,30,36). The first-order valence-electron chi connectivity index (χ1n) is 12.8. The highest BCUT2D eigenvalue weighted by atomic mass is 35.5. The van der Waals surface area contributed by atoms with Crippen LogP contribution in [0, 0.1) is 5.92 Å². The highest BCUT2D eigenvalue weighted by Crippen LogP contribution is 2.20. The van der Waals surface area contributed by atoms with Gasteiger partial charge in [0.1, 0.15) is 24.3 Å². The van der Waals surface area contributed by atoms with Gasteiger partial charge in [0, 0.05) is 25.2 Å². The molecule has 2 unspecified atom stereocenters. The Kier molecular flexibility index (Phi) is 14.0. The molecule has 0 bridgehead atoms. The minimum absolute atomic E-state index is 0.0726. The maximum Gasteiger partial charge on any atom is 0.408 e. The quantitative estimate of drug-likeness (QED) is 0.152. The predicted molar refractivity (Wildman–Crippen MR) is 151 cm³/mol. The second-order valence-electron chi connectivity index (χ2n) is 10.3. The van der Waals surface area contributed by atoms with Crippen molar-refractivity contribution in [2.45, 2.75) is 77.6 Å². The number of benzene rings is 1. The molecule has 0 saturated heterocycles. The second kappa shape index (κ2) is 16.4. The molecular formula is C26H41ClN6O7. The van der Waals surface area contributed by atoms with Gasteiger partial charge in [-0.25, -0.2) is 14.4 Å². The number of amides is 6. The van der Waals surface area contributed by atoms with Gasteiger partial charge in [-0.1, -0.05) is 19.9 Å². The first-order chi connectivity index (χ1) is 18.7. The van der Waals surface area contributed by atoms with Crippen LogP contribution in [-0.4, -0.2) is 61.3 Å². The molecule has 0 fully saturated rings. The number of carbonyl (C=O) groups is 5. The molecule has 0 saturated carbocycles. The molecule has 2 atom stereocenters. The van der Waals surface area contributed by atoms with Crippen LogP contribution in [0.4, 0.5) is 20.1 Å². The van der Waals surface area contributed by atoms with E-state index in [2.05, 4.69) is 26.6 Å². The van der Waals surface area contributed by atoms with Crippen LogP contribution in [0.2, 0.25) is 0 Å². The number of primary amides is 1. The molecule has 1 aromatic rings. The number of nitrogens with two attached hydrogens (primary N) is 1. The van der Waals surface area contributed by atoms with E-state index in [4.69, 9.17) is 26.8 Å². The Morgan fingerprint density at radius 1 is 1.00 bits per heavy atom. The molecule has 0 heterocycles. The molecule has 224 valence electrons. The van der Waals surface area contributed by atoms with Gasteiger partial charge >= 0.3 is 18.2 Å². The minimum atomic E-state index is -1.03. The third-order valence-corrected chi connectivity index (χ3v) is 5.69. The van der Waals surface area contributed by atoms with Gasteiger partial charge in [0.15, 0.2) is 0 Å². The van der Waals surface area contributed by atoms with Crippen LogP contribution >= 0.6 is 11.6 Å². The van der Waals surface area contributed by atoms with E-state index in [1.807, 2.05) is 0 Å². The molecule has 0 spiro atoms. The molecule has 1 aromatic carbocycles. The van der Waals surface area contributed by atoms with Crippen LogP contribution in [0.3, 0.4) is 0 Å². The summed E-state index contributed by atoms with van der Waals surface area (Å²) in [6.45, 7) is 8.71. The number of urea groups is 1. The molecule has 0 aliphatic heterocycles. The van der Waals surface area contributed by atoms with Gasteiger partial charge in [-0.15, -0.1) is 11.6 Å². The van der Waals surface area contributed by atoms with Crippen molar-refractivity contribution >= 4 is 47.3 Å². The molecule has 0 aliphatic carbocycles.